The van der Waals surface area contributed by atoms with Gasteiger partial charge in [0, 0.05) is 33.7 Å². The van der Waals surface area contributed by atoms with Crippen molar-refractivity contribution in [3.63, 3.8) is 0 Å². The van der Waals surface area contributed by atoms with Crippen LogP contribution in [-0.2, 0) is 9.59 Å². The minimum Gasteiger partial charge on any atom is -0.345 e. The number of amides is 2. The highest BCUT2D eigenvalue weighted by Crippen LogP contribution is 2.21. The third kappa shape index (κ3) is 4.57. The Morgan fingerprint density at radius 1 is 1.15 bits per heavy atom. The van der Waals surface area contributed by atoms with Crippen LogP contribution in [0, 0.1) is 13.8 Å². The van der Waals surface area contributed by atoms with Gasteiger partial charge < -0.3 is 9.88 Å². The molecule has 2 amide bonds. The molecule has 2 N–H and O–H groups in total. The molecule has 1 aromatic heterocycles. The molecule has 142 valence electrons. The summed E-state index contributed by atoms with van der Waals surface area (Å²) in [7, 11) is 0. The van der Waals surface area contributed by atoms with E-state index in [2.05, 4.69) is 20.4 Å². The maximum atomic E-state index is 11.9. The summed E-state index contributed by atoms with van der Waals surface area (Å²) >= 11 is 5.96. The standard InChI is InChI=1S/C20H23ClN4O2/c1-13-11-15(14(2)25(13)18-9-7-16(21)8-10-18)12-22-24-20(27)19(26)23-17-5-3-4-6-17/h7-12,17H,3-6H2,1-2H3,(H,23,26)(H,24,27). The van der Waals surface area contributed by atoms with Crippen molar-refractivity contribution in [2.45, 2.75) is 45.6 Å². The van der Waals surface area contributed by atoms with Crippen LogP contribution in [-0.4, -0.2) is 28.6 Å². The Hall–Kier alpha value is -2.60. The van der Waals surface area contributed by atoms with Crippen LogP contribution in [0.25, 0.3) is 5.69 Å². The summed E-state index contributed by atoms with van der Waals surface area (Å²) in [5.74, 6) is -1.38. The molecule has 0 saturated heterocycles. The molecule has 1 aliphatic carbocycles. The molecule has 0 radical (unpaired) electrons. The van der Waals surface area contributed by atoms with E-state index in [0.717, 1.165) is 48.3 Å². The van der Waals surface area contributed by atoms with Gasteiger partial charge in [0.05, 0.1) is 6.21 Å². The number of aryl methyl sites for hydroxylation is 1. The molecule has 1 aliphatic rings. The van der Waals surface area contributed by atoms with Gasteiger partial charge in [-0.3, -0.25) is 9.59 Å². The Bertz CT molecular complexity index is 865. The number of hydrazone groups is 1. The largest absolute Gasteiger partial charge is 0.345 e. The normalized spacial score (nSPS) is 14.6. The Labute approximate surface area is 163 Å². The molecule has 1 fully saturated rings. The van der Waals surface area contributed by atoms with Crippen LogP contribution in [0.4, 0.5) is 0 Å². The Balaban J connectivity index is 1.65. The second-order valence-electron chi connectivity index (χ2n) is 6.79. The average molecular weight is 387 g/mol. The quantitative estimate of drug-likeness (QED) is 0.480. The lowest BCUT2D eigenvalue weighted by molar-refractivity contribution is -0.139. The Morgan fingerprint density at radius 2 is 1.81 bits per heavy atom. The fourth-order valence-corrected chi connectivity index (χ4v) is 3.56. The highest BCUT2D eigenvalue weighted by molar-refractivity contribution is 6.35. The fraction of sp³-hybridized carbons (Fsp3) is 0.350. The van der Waals surface area contributed by atoms with Gasteiger partial charge in [-0.15, -0.1) is 0 Å². The summed E-state index contributed by atoms with van der Waals surface area (Å²) in [6, 6.07) is 9.64. The number of nitrogens with zero attached hydrogens (tertiary/aromatic N) is 2. The Morgan fingerprint density at radius 3 is 2.48 bits per heavy atom. The molecule has 0 aliphatic heterocycles. The highest BCUT2D eigenvalue weighted by Gasteiger charge is 2.21. The summed E-state index contributed by atoms with van der Waals surface area (Å²) in [6.07, 6.45) is 5.59. The van der Waals surface area contributed by atoms with E-state index in [0.29, 0.717) is 5.02 Å². The zero-order valence-electron chi connectivity index (χ0n) is 15.5. The van der Waals surface area contributed by atoms with Crippen LogP contribution in [0.2, 0.25) is 5.02 Å². The van der Waals surface area contributed by atoms with Crippen LogP contribution >= 0.6 is 11.6 Å². The van der Waals surface area contributed by atoms with Gasteiger partial charge in [0.15, 0.2) is 0 Å². The summed E-state index contributed by atoms with van der Waals surface area (Å²) < 4.78 is 2.08. The first kappa shape index (κ1) is 19.2. The molecule has 0 bridgehead atoms. The van der Waals surface area contributed by atoms with Crippen molar-refractivity contribution in [3.05, 3.63) is 52.3 Å². The molecule has 1 heterocycles. The maximum Gasteiger partial charge on any atom is 0.329 e. The monoisotopic (exact) mass is 386 g/mol. The van der Waals surface area contributed by atoms with Crippen LogP contribution < -0.4 is 10.7 Å². The number of aromatic nitrogens is 1. The van der Waals surface area contributed by atoms with Crippen molar-refractivity contribution in [2.24, 2.45) is 5.10 Å². The maximum absolute atomic E-state index is 11.9. The van der Waals surface area contributed by atoms with E-state index in [4.69, 9.17) is 11.6 Å². The molecule has 3 rings (SSSR count). The third-order valence-electron chi connectivity index (χ3n) is 4.82. The molecule has 0 unspecified atom stereocenters. The molecular formula is C20H23ClN4O2. The number of hydrogen-bond donors (Lipinski definition) is 2. The van der Waals surface area contributed by atoms with Gasteiger partial charge in [0.25, 0.3) is 0 Å². The van der Waals surface area contributed by atoms with Crippen molar-refractivity contribution < 1.29 is 9.59 Å². The van der Waals surface area contributed by atoms with E-state index in [1.807, 2.05) is 44.2 Å². The van der Waals surface area contributed by atoms with Crippen molar-refractivity contribution in [1.82, 2.24) is 15.3 Å². The van der Waals surface area contributed by atoms with E-state index in [-0.39, 0.29) is 6.04 Å². The molecule has 1 saturated carbocycles. The van der Waals surface area contributed by atoms with Crippen molar-refractivity contribution in [3.8, 4) is 5.69 Å². The van der Waals surface area contributed by atoms with Gasteiger partial charge >= 0.3 is 11.8 Å². The van der Waals surface area contributed by atoms with Gasteiger partial charge in [-0.2, -0.15) is 5.10 Å². The van der Waals surface area contributed by atoms with Crippen molar-refractivity contribution >= 4 is 29.6 Å². The zero-order valence-corrected chi connectivity index (χ0v) is 16.2. The van der Waals surface area contributed by atoms with Crippen molar-refractivity contribution in [2.75, 3.05) is 0 Å². The van der Waals surface area contributed by atoms with Gasteiger partial charge in [-0.25, -0.2) is 5.43 Å². The van der Waals surface area contributed by atoms with Gasteiger partial charge in [-0.05, 0) is 57.0 Å². The van der Waals surface area contributed by atoms with E-state index < -0.39 is 11.8 Å². The number of rotatable bonds is 4. The third-order valence-corrected chi connectivity index (χ3v) is 5.07. The number of nitrogens with one attached hydrogen (secondary N) is 2. The first-order chi connectivity index (χ1) is 13.0. The summed E-state index contributed by atoms with van der Waals surface area (Å²) in [4.78, 5) is 23.7. The topological polar surface area (TPSA) is 75.5 Å². The molecule has 6 nitrogen and oxygen atoms in total. The number of carbonyl (C=O) groups is 2. The van der Waals surface area contributed by atoms with Gasteiger partial charge in [-0.1, -0.05) is 24.4 Å². The van der Waals surface area contributed by atoms with E-state index in [9.17, 15) is 9.59 Å². The van der Waals surface area contributed by atoms with Crippen LogP contribution in [0.1, 0.15) is 42.6 Å². The molecule has 27 heavy (non-hydrogen) atoms. The summed E-state index contributed by atoms with van der Waals surface area (Å²) in [5, 5.41) is 7.36. The molecule has 7 heteroatoms. The lowest BCUT2D eigenvalue weighted by Gasteiger charge is -2.10. The van der Waals surface area contributed by atoms with Gasteiger partial charge in [0.1, 0.15) is 0 Å². The van der Waals surface area contributed by atoms with Crippen molar-refractivity contribution in [1.29, 1.82) is 0 Å². The lowest BCUT2D eigenvalue weighted by Crippen LogP contribution is -2.42. The average Bonchev–Trinajstić information content (AvgIpc) is 3.24. The van der Waals surface area contributed by atoms with Crippen LogP contribution in [0.5, 0.6) is 0 Å². The number of carbonyl (C=O) groups excluding carboxylic acids is 2. The molecule has 0 spiro atoms. The highest BCUT2D eigenvalue weighted by atomic mass is 35.5. The minimum atomic E-state index is -0.746. The smallest absolute Gasteiger partial charge is 0.329 e. The summed E-state index contributed by atoms with van der Waals surface area (Å²) in [6.45, 7) is 3.96. The molecule has 0 atom stereocenters. The van der Waals surface area contributed by atoms with E-state index >= 15 is 0 Å². The van der Waals surface area contributed by atoms with Crippen LogP contribution in [0.3, 0.4) is 0 Å². The van der Waals surface area contributed by atoms with Gasteiger partial charge in [0.2, 0.25) is 0 Å². The number of benzene rings is 1. The molecule has 1 aromatic carbocycles. The SMILES string of the molecule is Cc1cc(C=NNC(=O)C(=O)NC2CCCC2)c(C)n1-c1ccc(Cl)cc1. The second-order valence-corrected chi connectivity index (χ2v) is 7.23. The lowest BCUT2D eigenvalue weighted by atomic mass is 10.2. The first-order valence-corrected chi connectivity index (χ1v) is 9.42. The summed E-state index contributed by atoms with van der Waals surface area (Å²) in [5.41, 5.74) is 6.16. The van der Waals surface area contributed by atoms with E-state index in [1.54, 1.807) is 6.21 Å². The minimum absolute atomic E-state index is 0.102. The number of hydrogen-bond acceptors (Lipinski definition) is 3. The first-order valence-electron chi connectivity index (χ1n) is 9.04. The Kier molecular flexibility index (Phi) is 5.96. The van der Waals surface area contributed by atoms with E-state index in [1.165, 1.54) is 0 Å². The van der Waals surface area contributed by atoms with Crippen LogP contribution in [0.15, 0.2) is 35.4 Å². The molecule has 2 aromatic rings. The zero-order chi connectivity index (χ0) is 19.4. The predicted molar refractivity (Wildman–Crippen MR) is 106 cm³/mol. The fourth-order valence-electron chi connectivity index (χ4n) is 3.44. The predicted octanol–water partition coefficient (Wildman–Crippen LogP) is 3.26. The molecular weight excluding hydrogens is 364 g/mol. The second kappa shape index (κ2) is 8.39. The number of halogens is 1.